The maximum Gasteiger partial charge on any atom is 0.185 e. The first kappa shape index (κ1) is 25.4. The first-order valence-electron chi connectivity index (χ1n) is 12.5. The molecule has 0 amide bonds. The smallest absolute Gasteiger partial charge is 0.185 e. The fourth-order valence-electron chi connectivity index (χ4n) is 4.76. The molecule has 5 atom stereocenters. The minimum Gasteiger partial charge on any atom is -0.511 e. The van der Waals surface area contributed by atoms with Crippen molar-refractivity contribution in [1.29, 1.82) is 0 Å². The van der Waals surface area contributed by atoms with E-state index >= 15 is 0 Å². The van der Waals surface area contributed by atoms with E-state index in [1.807, 2.05) is 0 Å². The van der Waals surface area contributed by atoms with Gasteiger partial charge in [-0.1, -0.05) is 67.9 Å². The van der Waals surface area contributed by atoms with Gasteiger partial charge in [0.1, 0.15) is 5.76 Å². The van der Waals surface area contributed by atoms with Crippen molar-refractivity contribution >= 4 is 5.78 Å². The molecular formula is C29H44O2. The molecule has 0 aromatic carbocycles. The number of allylic oxidation sites excluding steroid dienone is 9. The van der Waals surface area contributed by atoms with Gasteiger partial charge < -0.3 is 5.11 Å². The highest BCUT2D eigenvalue weighted by Gasteiger charge is 2.35. The number of hydrogen-bond donors (Lipinski definition) is 1. The lowest BCUT2D eigenvalue weighted by atomic mass is 9.70. The lowest BCUT2D eigenvalue weighted by Gasteiger charge is -2.35. The monoisotopic (exact) mass is 424 g/mol. The number of rotatable bonds is 8. The Morgan fingerprint density at radius 1 is 0.806 bits per heavy atom. The van der Waals surface area contributed by atoms with Crippen LogP contribution in [-0.4, -0.2) is 10.9 Å². The molecule has 5 unspecified atom stereocenters. The van der Waals surface area contributed by atoms with Gasteiger partial charge in [-0.15, -0.1) is 0 Å². The molecule has 31 heavy (non-hydrogen) atoms. The van der Waals surface area contributed by atoms with Crippen LogP contribution in [0.25, 0.3) is 0 Å². The number of carbonyl (C=O) groups is 1. The molecule has 0 aromatic rings. The molecule has 0 saturated heterocycles. The Kier molecular flexibility index (Phi) is 8.74. The van der Waals surface area contributed by atoms with Crippen molar-refractivity contribution in [1.82, 2.24) is 0 Å². The van der Waals surface area contributed by atoms with Crippen molar-refractivity contribution in [3.63, 3.8) is 0 Å². The van der Waals surface area contributed by atoms with E-state index in [4.69, 9.17) is 0 Å². The highest BCUT2D eigenvalue weighted by atomic mass is 16.3. The second-order valence-corrected chi connectivity index (χ2v) is 9.86. The molecule has 2 aliphatic rings. The molecule has 172 valence electrons. The maximum atomic E-state index is 13.3. The summed E-state index contributed by atoms with van der Waals surface area (Å²) in [5.41, 5.74) is 6.48. The van der Waals surface area contributed by atoms with Gasteiger partial charge in [-0.05, 0) is 84.3 Å². The standard InChI is InChI=1S/C29H44O2/c1-10-17(5)23-14-21(9)26(27(29(23)31)20(8)13-4)22-15-24(18(6)11-2)28(30)25(16-22)19(7)12-3/h14-20,27,31H,10-13H2,1-9H3. The van der Waals surface area contributed by atoms with Crippen molar-refractivity contribution in [3.8, 4) is 0 Å². The molecule has 0 radical (unpaired) electrons. The molecule has 1 N–H and O–H groups in total. The van der Waals surface area contributed by atoms with Crippen LogP contribution in [0.2, 0.25) is 0 Å². The zero-order valence-corrected chi connectivity index (χ0v) is 21.3. The van der Waals surface area contributed by atoms with Crippen molar-refractivity contribution in [2.75, 3.05) is 0 Å². The fourth-order valence-corrected chi connectivity index (χ4v) is 4.76. The highest BCUT2D eigenvalue weighted by Crippen LogP contribution is 2.45. The summed E-state index contributed by atoms with van der Waals surface area (Å²) in [4.78, 5) is 13.3. The summed E-state index contributed by atoms with van der Waals surface area (Å²) in [6.45, 7) is 19.6. The van der Waals surface area contributed by atoms with Gasteiger partial charge in [-0.2, -0.15) is 0 Å². The molecule has 0 spiro atoms. The summed E-state index contributed by atoms with van der Waals surface area (Å²) in [7, 11) is 0. The van der Waals surface area contributed by atoms with Gasteiger partial charge in [-0.25, -0.2) is 0 Å². The Bertz CT molecular complexity index is 814. The molecule has 0 saturated carbocycles. The van der Waals surface area contributed by atoms with Gasteiger partial charge in [0.25, 0.3) is 0 Å². The van der Waals surface area contributed by atoms with Crippen molar-refractivity contribution in [2.24, 2.45) is 29.6 Å². The quantitative estimate of drug-likeness (QED) is 0.425. The Labute approximate surface area is 190 Å². The minimum absolute atomic E-state index is 0.0222. The van der Waals surface area contributed by atoms with Crippen molar-refractivity contribution < 1.29 is 9.90 Å². The number of ketones is 1. The molecule has 0 aliphatic heterocycles. The van der Waals surface area contributed by atoms with E-state index in [2.05, 4.69) is 80.5 Å². The van der Waals surface area contributed by atoms with Gasteiger partial charge in [0, 0.05) is 17.1 Å². The molecule has 2 rings (SSSR count). The average Bonchev–Trinajstić information content (AvgIpc) is 2.78. The average molecular weight is 425 g/mol. The normalized spacial score (nSPS) is 23.8. The minimum atomic E-state index is -0.0222. The summed E-state index contributed by atoms with van der Waals surface area (Å²) in [5.74, 6) is 1.83. The maximum absolute atomic E-state index is 13.3. The molecule has 0 fully saturated rings. The van der Waals surface area contributed by atoms with E-state index in [0.29, 0.717) is 17.6 Å². The predicted molar refractivity (Wildman–Crippen MR) is 133 cm³/mol. The molecule has 0 heterocycles. The first-order chi connectivity index (χ1) is 14.6. The topological polar surface area (TPSA) is 37.3 Å². The van der Waals surface area contributed by atoms with Crippen molar-refractivity contribution in [2.45, 2.75) is 88.0 Å². The van der Waals surface area contributed by atoms with Crippen LogP contribution in [0.3, 0.4) is 0 Å². The van der Waals surface area contributed by atoms with Crippen LogP contribution < -0.4 is 0 Å². The highest BCUT2D eigenvalue weighted by molar-refractivity contribution is 6.11. The van der Waals surface area contributed by atoms with Gasteiger partial charge in [0.2, 0.25) is 0 Å². The van der Waals surface area contributed by atoms with E-state index in [0.717, 1.165) is 48.0 Å². The van der Waals surface area contributed by atoms with E-state index in [1.54, 1.807) is 0 Å². The third-order valence-corrected chi connectivity index (χ3v) is 7.80. The Balaban J connectivity index is 2.82. The number of aliphatic hydroxyl groups is 1. The second kappa shape index (κ2) is 10.7. The van der Waals surface area contributed by atoms with Crippen LogP contribution in [0.15, 0.2) is 57.4 Å². The van der Waals surface area contributed by atoms with E-state index < -0.39 is 0 Å². The molecular weight excluding hydrogens is 380 g/mol. The number of Topliss-reactive ketones (excluding diaryl/α,β-unsaturated/α-hetero) is 1. The van der Waals surface area contributed by atoms with Crippen LogP contribution in [0.1, 0.15) is 88.0 Å². The lowest BCUT2D eigenvalue weighted by Crippen LogP contribution is -2.26. The zero-order chi connectivity index (χ0) is 23.5. The Morgan fingerprint density at radius 2 is 1.29 bits per heavy atom. The van der Waals surface area contributed by atoms with Crippen LogP contribution in [0.5, 0.6) is 0 Å². The SMILES string of the molecule is CCC(C)C1=CC(=C2C(C)=CC(C(C)CC)=C(O)C2C(C)CC)C=C(C(C)CC)C1=O. The zero-order valence-electron chi connectivity index (χ0n) is 21.3. The third kappa shape index (κ3) is 4.99. The van der Waals surface area contributed by atoms with Gasteiger partial charge in [-0.3, -0.25) is 4.79 Å². The van der Waals surface area contributed by atoms with Gasteiger partial charge in [0.05, 0.1) is 0 Å². The summed E-state index contributed by atoms with van der Waals surface area (Å²) in [6.07, 6.45) is 10.3. The summed E-state index contributed by atoms with van der Waals surface area (Å²) in [6, 6.07) is 0. The largest absolute Gasteiger partial charge is 0.511 e. The predicted octanol–water partition coefficient (Wildman–Crippen LogP) is 8.29. The summed E-state index contributed by atoms with van der Waals surface area (Å²) >= 11 is 0. The van der Waals surface area contributed by atoms with Crippen LogP contribution in [-0.2, 0) is 4.79 Å². The lowest BCUT2D eigenvalue weighted by molar-refractivity contribution is -0.113. The number of aliphatic hydroxyl groups excluding tert-OH is 1. The Morgan fingerprint density at radius 3 is 1.71 bits per heavy atom. The number of hydrogen-bond acceptors (Lipinski definition) is 2. The summed E-state index contributed by atoms with van der Waals surface area (Å²) in [5, 5.41) is 11.4. The fraction of sp³-hybridized carbons (Fsp3) is 0.621. The molecule has 0 aromatic heterocycles. The van der Waals surface area contributed by atoms with Gasteiger partial charge >= 0.3 is 0 Å². The Hall–Kier alpha value is -1.83. The van der Waals surface area contributed by atoms with Crippen LogP contribution in [0.4, 0.5) is 0 Å². The molecule has 2 aliphatic carbocycles. The number of carbonyl (C=O) groups excluding carboxylic acids is 1. The van der Waals surface area contributed by atoms with Crippen LogP contribution in [0, 0.1) is 29.6 Å². The first-order valence-corrected chi connectivity index (χ1v) is 12.5. The van der Waals surface area contributed by atoms with Crippen molar-refractivity contribution in [3.05, 3.63) is 57.4 Å². The molecule has 0 bridgehead atoms. The third-order valence-electron chi connectivity index (χ3n) is 7.80. The van der Waals surface area contributed by atoms with Crippen LogP contribution >= 0.6 is 0 Å². The van der Waals surface area contributed by atoms with E-state index in [-0.39, 0.29) is 23.5 Å². The van der Waals surface area contributed by atoms with E-state index in [9.17, 15) is 9.90 Å². The summed E-state index contributed by atoms with van der Waals surface area (Å²) < 4.78 is 0. The molecule has 2 nitrogen and oxygen atoms in total. The van der Waals surface area contributed by atoms with Gasteiger partial charge in [0.15, 0.2) is 5.78 Å². The molecule has 2 heteroatoms. The second-order valence-electron chi connectivity index (χ2n) is 9.86. The van der Waals surface area contributed by atoms with E-state index in [1.165, 1.54) is 11.1 Å².